The molecule has 0 bridgehead atoms. The van der Waals surface area contributed by atoms with E-state index in [1.54, 1.807) is 6.07 Å². The molecule has 2 aromatic rings. The lowest BCUT2D eigenvalue weighted by atomic mass is 10.1. The van der Waals surface area contributed by atoms with Crippen molar-refractivity contribution in [3.05, 3.63) is 58.1 Å². The van der Waals surface area contributed by atoms with E-state index in [1.165, 1.54) is 11.0 Å². The smallest absolute Gasteiger partial charge is 0.299 e. The summed E-state index contributed by atoms with van der Waals surface area (Å²) in [5, 5.41) is 0.662. The van der Waals surface area contributed by atoms with Gasteiger partial charge in [0.05, 0.1) is 22.9 Å². The monoisotopic (exact) mass is 363 g/mol. The zero-order chi connectivity index (χ0) is 17.1. The van der Waals surface area contributed by atoms with Gasteiger partial charge >= 0.3 is 0 Å². The largest absolute Gasteiger partial charge is 0.494 e. The van der Waals surface area contributed by atoms with E-state index in [9.17, 15) is 9.59 Å². The predicted molar refractivity (Wildman–Crippen MR) is 94.3 cm³/mol. The van der Waals surface area contributed by atoms with Gasteiger partial charge in [-0.05, 0) is 37.1 Å². The number of unbranched alkanes of at least 4 members (excludes halogenated alkanes) is 1. The number of Topliss-reactive ketones (excluding diaryl/α,β-unsaturated/α-hetero) is 1. The summed E-state index contributed by atoms with van der Waals surface area (Å²) in [6.45, 7) is 0.957. The van der Waals surface area contributed by atoms with Crippen LogP contribution in [0.2, 0.25) is 10.0 Å². The fourth-order valence-electron chi connectivity index (χ4n) is 2.64. The topological polar surface area (TPSA) is 46.6 Å². The first kappa shape index (κ1) is 16.8. The molecule has 4 nitrogen and oxygen atoms in total. The first-order valence-corrected chi connectivity index (χ1v) is 8.36. The highest BCUT2D eigenvalue weighted by atomic mass is 35.5. The maximum absolute atomic E-state index is 12.2. The summed E-state index contributed by atoms with van der Waals surface area (Å²) < 4.78 is 5.61. The van der Waals surface area contributed by atoms with Gasteiger partial charge in [-0.3, -0.25) is 9.59 Å². The van der Waals surface area contributed by atoms with Gasteiger partial charge in [0.2, 0.25) is 0 Å². The summed E-state index contributed by atoms with van der Waals surface area (Å²) in [4.78, 5) is 25.6. The van der Waals surface area contributed by atoms with Crippen molar-refractivity contribution >= 4 is 40.6 Å². The van der Waals surface area contributed by atoms with Crippen LogP contribution in [0.1, 0.15) is 23.2 Å². The second kappa shape index (κ2) is 7.24. The van der Waals surface area contributed by atoms with Crippen LogP contribution in [0, 0.1) is 0 Å². The maximum Gasteiger partial charge on any atom is 0.299 e. The van der Waals surface area contributed by atoms with Gasteiger partial charge in [-0.2, -0.15) is 0 Å². The second-order valence-electron chi connectivity index (χ2n) is 5.44. The number of nitrogens with zero attached hydrogens (tertiary/aromatic N) is 1. The molecule has 0 spiro atoms. The molecule has 0 unspecified atom stereocenters. The molecule has 1 aliphatic heterocycles. The van der Waals surface area contributed by atoms with Crippen molar-refractivity contribution in [2.45, 2.75) is 12.8 Å². The van der Waals surface area contributed by atoms with Crippen molar-refractivity contribution in [3.63, 3.8) is 0 Å². The second-order valence-corrected chi connectivity index (χ2v) is 6.28. The van der Waals surface area contributed by atoms with Crippen molar-refractivity contribution in [1.29, 1.82) is 0 Å². The first-order chi connectivity index (χ1) is 11.6. The summed E-state index contributed by atoms with van der Waals surface area (Å²) in [5.41, 5.74) is 0.734. The van der Waals surface area contributed by atoms with Gasteiger partial charge in [0, 0.05) is 11.6 Å². The molecule has 124 valence electrons. The quantitative estimate of drug-likeness (QED) is 0.565. The molecule has 24 heavy (non-hydrogen) atoms. The van der Waals surface area contributed by atoms with Crippen molar-refractivity contribution in [3.8, 4) is 5.75 Å². The average molecular weight is 364 g/mol. The lowest BCUT2D eigenvalue weighted by molar-refractivity contribution is -0.114. The van der Waals surface area contributed by atoms with Gasteiger partial charge in [-0.1, -0.05) is 41.4 Å². The van der Waals surface area contributed by atoms with Crippen molar-refractivity contribution < 1.29 is 14.3 Å². The fourth-order valence-corrected chi connectivity index (χ4v) is 3.24. The normalized spacial score (nSPS) is 13.3. The average Bonchev–Trinajstić information content (AvgIpc) is 2.80. The van der Waals surface area contributed by atoms with Crippen molar-refractivity contribution in [2.75, 3.05) is 18.1 Å². The number of ketones is 1. The van der Waals surface area contributed by atoms with Crippen LogP contribution in [0.3, 0.4) is 0 Å². The maximum atomic E-state index is 12.2. The minimum absolute atomic E-state index is 0.276. The zero-order valence-electron chi connectivity index (χ0n) is 12.8. The van der Waals surface area contributed by atoms with Crippen LogP contribution in [0.4, 0.5) is 5.69 Å². The summed E-state index contributed by atoms with van der Waals surface area (Å²) in [5.74, 6) is -0.305. The lowest BCUT2D eigenvalue weighted by Crippen LogP contribution is -2.31. The number of halogens is 2. The molecule has 1 aliphatic rings. The van der Waals surface area contributed by atoms with Crippen LogP contribution in [0.15, 0.2) is 42.5 Å². The molecule has 1 heterocycles. The molecule has 0 fully saturated rings. The molecule has 1 amide bonds. The molecule has 0 atom stereocenters. The highest BCUT2D eigenvalue weighted by Gasteiger charge is 2.37. The molecular formula is C18H15Cl2NO3. The van der Waals surface area contributed by atoms with Crippen LogP contribution in [0.25, 0.3) is 0 Å². The third kappa shape index (κ3) is 3.40. The number of hydrogen-bond acceptors (Lipinski definition) is 3. The Hall–Kier alpha value is -2.04. The molecule has 0 aromatic heterocycles. The lowest BCUT2D eigenvalue weighted by Gasteiger charge is -2.17. The van der Waals surface area contributed by atoms with Gasteiger partial charge in [-0.25, -0.2) is 0 Å². The first-order valence-electron chi connectivity index (χ1n) is 7.61. The van der Waals surface area contributed by atoms with E-state index in [0.717, 1.165) is 12.2 Å². The Labute approximate surface area is 149 Å². The molecule has 0 aliphatic carbocycles. The number of anilines is 1. The van der Waals surface area contributed by atoms with Gasteiger partial charge in [0.1, 0.15) is 5.75 Å². The van der Waals surface area contributed by atoms with E-state index in [0.29, 0.717) is 35.3 Å². The SMILES string of the molecule is O=C1C(=O)N(CCCCOc2ccccc2)c2c(Cl)cc(Cl)cc21. The number of ether oxygens (including phenoxy) is 1. The van der Waals surface area contributed by atoms with Crippen molar-refractivity contribution in [2.24, 2.45) is 0 Å². The number of hydrogen-bond donors (Lipinski definition) is 0. The minimum atomic E-state index is -0.560. The third-order valence-electron chi connectivity index (χ3n) is 3.77. The number of carbonyl (C=O) groups is 2. The Balaban J connectivity index is 1.58. The van der Waals surface area contributed by atoms with Gasteiger partial charge in [-0.15, -0.1) is 0 Å². The third-order valence-corrected chi connectivity index (χ3v) is 4.28. The Bertz CT molecular complexity index is 777. The van der Waals surface area contributed by atoms with E-state index in [-0.39, 0.29) is 5.56 Å². The summed E-state index contributed by atoms with van der Waals surface area (Å²) >= 11 is 12.1. The highest BCUT2D eigenvalue weighted by Crippen LogP contribution is 2.38. The van der Waals surface area contributed by atoms with Gasteiger partial charge in [0.15, 0.2) is 0 Å². The van der Waals surface area contributed by atoms with Crippen LogP contribution in [-0.2, 0) is 4.79 Å². The van der Waals surface area contributed by atoms with Gasteiger partial charge in [0.25, 0.3) is 11.7 Å². The Morgan fingerprint density at radius 2 is 1.75 bits per heavy atom. The Morgan fingerprint density at radius 1 is 1.00 bits per heavy atom. The number of rotatable bonds is 6. The van der Waals surface area contributed by atoms with E-state index >= 15 is 0 Å². The molecule has 0 saturated heterocycles. The number of para-hydroxylation sites is 1. The van der Waals surface area contributed by atoms with Crippen LogP contribution >= 0.6 is 23.2 Å². The standard InChI is InChI=1S/C18H15Cl2NO3/c19-12-10-14-16(15(20)11-12)21(18(23)17(14)22)8-4-5-9-24-13-6-2-1-3-7-13/h1-3,6-7,10-11H,4-5,8-9H2. The molecule has 0 N–H and O–H groups in total. The minimum Gasteiger partial charge on any atom is -0.494 e. The summed E-state index contributed by atoms with van der Waals surface area (Å²) in [6.07, 6.45) is 1.46. The van der Waals surface area contributed by atoms with Gasteiger partial charge < -0.3 is 9.64 Å². The summed E-state index contributed by atoms with van der Waals surface area (Å²) in [6, 6.07) is 12.6. The zero-order valence-corrected chi connectivity index (χ0v) is 14.3. The Morgan fingerprint density at radius 3 is 2.50 bits per heavy atom. The molecule has 3 rings (SSSR count). The van der Waals surface area contributed by atoms with Crippen molar-refractivity contribution in [1.82, 2.24) is 0 Å². The van der Waals surface area contributed by atoms with E-state index in [2.05, 4.69) is 0 Å². The summed E-state index contributed by atoms with van der Waals surface area (Å²) in [7, 11) is 0. The van der Waals surface area contributed by atoms with E-state index in [4.69, 9.17) is 27.9 Å². The predicted octanol–water partition coefficient (Wildman–Crippen LogP) is 4.38. The molecular weight excluding hydrogens is 349 g/mol. The van der Waals surface area contributed by atoms with Crippen LogP contribution < -0.4 is 9.64 Å². The molecule has 6 heteroatoms. The Kier molecular flexibility index (Phi) is 5.07. The molecule has 0 radical (unpaired) electrons. The molecule has 2 aromatic carbocycles. The van der Waals surface area contributed by atoms with E-state index < -0.39 is 11.7 Å². The number of amides is 1. The fraction of sp³-hybridized carbons (Fsp3) is 0.222. The molecule has 0 saturated carbocycles. The van der Waals surface area contributed by atoms with Crippen LogP contribution in [-0.4, -0.2) is 24.8 Å². The highest BCUT2D eigenvalue weighted by molar-refractivity contribution is 6.54. The van der Waals surface area contributed by atoms with Crippen LogP contribution in [0.5, 0.6) is 5.75 Å². The number of benzene rings is 2. The number of carbonyl (C=O) groups excluding carboxylic acids is 2. The number of fused-ring (bicyclic) bond motifs is 1. The van der Waals surface area contributed by atoms with E-state index in [1.807, 2.05) is 30.3 Å².